The SMILES string of the molecule is COCCN(CC(C)C)c1ccc(C(=O)O)s1. The lowest BCUT2D eigenvalue weighted by molar-refractivity contribution is 0.0702. The normalized spacial score (nSPS) is 10.8. The maximum absolute atomic E-state index is 10.8. The summed E-state index contributed by atoms with van der Waals surface area (Å²) in [7, 11) is 1.67. The van der Waals surface area contributed by atoms with E-state index in [0.717, 1.165) is 18.1 Å². The largest absolute Gasteiger partial charge is 0.477 e. The zero-order valence-electron chi connectivity index (χ0n) is 10.5. The molecular weight excluding hydrogens is 238 g/mol. The fourth-order valence-electron chi connectivity index (χ4n) is 1.55. The average Bonchev–Trinajstić information content (AvgIpc) is 2.72. The van der Waals surface area contributed by atoms with E-state index < -0.39 is 5.97 Å². The van der Waals surface area contributed by atoms with E-state index in [1.807, 2.05) is 6.07 Å². The quantitative estimate of drug-likeness (QED) is 0.815. The van der Waals surface area contributed by atoms with Crippen LogP contribution >= 0.6 is 11.3 Å². The van der Waals surface area contributed by atoms with E-state index in [-0.39, 0.29) is 0 Å². The molecule has 0 bridgehead atoms. The molecule has 0 aliphatic carbocycles. The van der Waals surface area contributed by atoms with E-state index in [9.17, 15) is 4.79 Å². The maximum atomic E-state index is 10.8. The molecule has 0 aromatic carbocycles. The van der Waals surface area contributed by atoms with E-state index in [2.05, 4.69) is 18.7 Å². The molecule has 0 radical (unpaired) electrons. The van der Waals surface area contributed by atoms with Crippen molar-refractivity contribution in [1.29, 1.82) is 0 Å². The minimum absolute atomic E-state index is 0.381. The number of rotatable bonds is 7. The van der Waals surface area contributed by atoms with Crippen molar-refractivity contribution in [1.82, 2.24) is 0 Å². The molecule has 0 aliphatic rings. The van der Waals surface area contributed by atoms with Gasteiger partial charge in [0.1, 0.15) is 4.88 Å². The maximum Gasteiger partial charge on any atom is 0.345 e. The number of carboxylic acids is 1. The first-order valence-corrected chi connectivity index (χ1v) is 6.43. The van der Waals surface area contributed by atoms with Gasteiger partial charge in [0, 0.05) is 20.2 Å². The fraction of sp³-hybridized carbons (Fsp3) is 0.583. The summed E-state index contributed by atoms with van der Waals surface area (Å²) in [5, 5.41) is 9.90. The average molecular weight is 257 g/mol. The molecule has 0 amide bonds. The molecule has 1 aromatic rings. The Morgan fingerprint density at radius 1 is 1.53 bits per heavy atom. The molecule has 0 spiro atoms. The van der Waals surface area contributed by atoms with Crippen molar-refractivity contribution in [2.75, 3.05) is 31.7 Å². The van der Waals surface area contributed by atoms with Gasteiger partial charge < -0.3 is 14.7 Å². The van der Waals surface area contributed by atoms with Gasteiger partial charge in [-0.3, -0.25) is 0 Å². The molecule has 4 nitrogen and oxygen atoms in total. The van der Waals surface area contributed by atoms with Crippen molar-refractivity contribution >= 4 is 22.3 Å². The van der Waals surface area contributed by atoms with Crippen LogP contribution in [0.5, 0.6) is 0 Å². The zero-order chi connectivity index (χ0) is 12.8. The van der Waals surface area contributed by atoms with Crippen molar-refractivity contribution in [3.8, 4) is 0 Å². The van der Waals surface area contributed by atoms with E-state index in [4.69, 9.17) is 9.84 Å². The Hall–Kier alpha value is -1.07. The number of methoxy groups -OCH3 is 1. The standard InChI is InChI=1S/C12H19NO3S/c1-9(2)8-13(6-7-16-3)11-5-4-10(17-11)12(14)15/h4-5,9H,6-8H2,1-3H3,(H,14,15). The van der Waals surface area contributed by atoms with Gasteiger partial charge in [0.05, 0.1) is 11.6 Å². The molecule has 17 heavy (non-hydrogen) atoms. The number of anilines is 1. The van der Waals surface area contributed by atoms with Gasteiger partial charge >= 0.3 is 5.97 Å². The van der Waals surface area contributed by atoms with E-state index >= 15 is 0 Å². The summed E-state index contributed by atoms with van der Waals surface area (Å²) in [5.74, 6) is -0.334. The first-order valence-electron chi connectivity index (χ1n) is 5.61. The summed E-state index contributed by atoms with van der Waals surface area (Å²) in [4.78, 5) is 13.4. The molecule has 0 fully saturated rings. The Labute approximate surface area is 106 Å². The van der Waals surface area contributed by atoms with E-state index in [1.165, 1.54) is 11.3 Å². The third kappa shape index (κ3) is 4.36. The highest BCUT2D eigenvalue weighted by Gasteiger charge is 2.13. The second kappa shape index (κ2) is 6.61. The van der Waals surface area contributed by atoms with Gasteiger partial charge in [0.25, 0.3) is 0 Å². The highest BCUT2D eigenvalue weighted by Crippen LogP contribution is 2.26. The Morgan fingerprint density at radius 2 is 2.24 bits per heavy atom. The van der Waals surface area contributed by atoms with Gasteiger partial charge in [-0.25, -0.2) is 4.79 Å². The number of thiophene rings is 1. The summed E-state index contributed by atoms with van der Waals surface area (Å²) in [6, 6.07) is 3.52. The van der Waals surface area contributed by atoms with Crippen LogP contribution in [-0.2, 0) is 4.74 Å². The van der Waals surface area contributed by atoms with E-state index in [1.54, 1.807) is 13.2 Å². The molecule has 0 saturated carbocycles. The molecule has 0 aliphatic heterocycles. The van der Waals surface area contributed by atoms with Crippen LogP contribution in [0.3, 0.4) is 0 Å². The molecular formula is C12H19NO3S. The molecule has 0 saturated heterocycles. The molecule has 5 heteroatoms. The van der Waals surface area contributed by atoms with Crippen LogP contribution in [0.4, 0.5) is 5.00 Å². The van der Waals surface area contributed by atoms with Gasteiger partial charge in [0.15, 0.2) is 0 Å². The van der Waals surface area contributed by atoms with Gasteiger partial charge in [0.2, 0.25) is 0 Å². The summed E-state index contributed by atoms with van der Waals surface area (Å²) >= 11 is 1.31. The summed E-state index contributed by atoms with van der Waals surface area (Å²) in [6.07, 6.45) is 0. The third-order valence-corrected chi connectivity index (χ3v) is 3.40. The van der Waals surface area contributed by atoms with Crippen molar-refractivity contribution in [3.05, 3.63) is 17.0 Å². The zero-order valence-corrected chi connectivity index (χ0v) is 11.3. The lowest BCUT2D eigenvalue weighted by Gasteiger charge is -2.24. The van der Waals surface area contributed by atoms with Gasteiger partial charge in [-0.1, -0.05) is 13.8 Å². The molecule has 0 atom stereocenters. The highest BCUT2D eigenvalue weighted by atomic mass is 32.1. The van der Waals surface area contributed by atoms with Crippen LogP contribution in [0.1, 0.15) is 23.5 Å². The molecule has 1 N–H and O–H groups in total. The van der Waals surface area contributed by atoms with Crippen molar-refractivity contribution in [2.24, 2.45) is 5.92 Å². The summed E-state index contributed by atoms with van der Waals surface area (Å²) < 4.78 is 5.08. The molecule has 0 unspecified atom stereocenters. The fourth-order valence-corrected chi connectivity index (χ4v) is 2.43. The number of carbonyl (C=O) groups is 1. The predicted molar refractivity (Wildman–Crippen MR) is 70.2 cm³/mol. The molecule has 1 aromatic heterocycles. The number of nitrogens with zero attached hydrogens (tertiary/aromatic N) is 1. The smallest absolute Gasteiger partial charge is 0.345 e. The first kappa shape index (κ1) is 14.0. The molecule has 96 valence electrons. The summed E-state index contributed by atoms with van der Waals surface area (Å²) in [6.45, 7) is 6.63. The van der Waals surface area contributed by atoms with Gasteiger partial charge in [-0.15, -0.1) is 11.3 Å². The molecule has 1 rings (SSSR count). The van der Waals surface area contributed by atoms with Crippen LogP contribution in [0.15, 0.2) is 12.1 Å². The van der Waals surface area contributed by atoms with Crippen LogP contribution < -0.4 is 4.90 Å². The minimum atomic E-state index is -0.863. The number of hydrogen-bond acceptors (Lipinski definition) is 4. The number of hydrogen-bond donors (Lipinski definition) is 1. The third-order valence-electron chi connectivity index (χ3n) is 2.27. The van der Waals surface area contributed by atoms with Crippen molar-refractivity contribution in [2.45, 2.75) is 13.8 Å². The Balaban J connectivity index is 2.76. The second-order valence-corrected chi connectivity index (χ2v) is 5.34. The topological polar surface area (TPSA) is 49.8 Å². The first-order chi connectivity index (χ1) is 8.04. The van der Waals surface area contributed by atoms with Gasteiger partial charge in [-0.2, -0.15) is 0 Å². The van der Waals surface area contributed by atoms with Crippen LogP contribution in [-0.4, -0.2) is 37.9 Å². The number of carboxylic acid groups (broad SMARTS) is 1. The predicted octanol–water partition coefficient (Wildman–Crippen LogP) is 2.56. The number of ether oxygens (including phenoxy) is 1. The monoisotopic (exact) mass is 257 g/mol. The minimum Gasteiger partial charge on any atom is -0.477 e. The Morgan fingerprint density at radius 3 is 2.71 bits per heavy atom. The molecule has 1 heterocycles. The lowest BCUT2D eigenvalue weighted by atomic mass is 10.2. The van der Waals surface area contributed by atoms with Gasteiger partial charge in [-0.05, 0) is 18.1 Å². The highest BCUT2D eigenvalue weighted by molar-refractivity contribution is 7.17. The van der Waals surface area contributed by atoms with Crippen LogP contribution in [0.2, 0.25) is 0 Å². The summed E-state index contributed by atoms with van der Waals surface area (Å²) in [5.41, 5.74) is 0. The Kier molecular flexibility index (Phi) is 5.44. The Bertz CT molecular complexity index is 362. The van der Waals surface area contributed by atoms with E-state index in [0.29, 0.717) is 17.4 Å². The van der Waals surface area contributed by atoms with Crippen LogP contribution in [0, 0.1) is 5.92 Å². The number of aromatic carboxylic acids is 1. The second-order valence-electron chi connectivity index (χ2n) is 4.28. The van der Waals surface area contributed by atoms with Crippen molar-refractivity contribution < 1.29 is 14.6 Å². The van der Waals surface area contributed by atoms with Crippen LogP contribution in [0.25, 0.3) is 0 Å². The lowest BCUT2D eigenvalue weighted by Crippen LogP contribution is -2.30. The van der Waals surface area contributed by atoms with Crippen molar-refractivity contribution in [3.63, 3.8) is 0 Å².